The topological polar surface area (TPSA) is 20.7 Å². The molecule has 25 heavy (non-hydrogen) atoms. The molecule has 0 atom stereocenters. The van der Waals surface area contributed by atoms with E-state index in [4.69, 9.17) is 0 Å². The van der Waals surface area contributed by atoms with Crippen molar-refractivity contribution in [2.75, 3.05) is 5.75 Å². The summed E-state index contributed by atoms with van der Waals surface area (Å²) in [6.07, 6.45) is 8.01. The predicted molar refractivity (Wildman–Crippen MR) is 107 cm³/mol. The van der Waals surface area contributed by atoms with Crippen molar-refractivity contribution in [3.63, 3.8) is 0 Å². The Kier molecular flexibility index (Phi) is 2.80. The largest absolute Gasteiger partial charge is 0.356 e. The molecule has 3 heteroatoms. The number of aromatic nitrogens is 2. The molecule has 2 aromatic carbocycles. The molecule has 0 radical (unpaired) electrons. The van der Waals surface area contributed by atoms with Crippen molar-refractivity contribution in [1.82, 2.24) is 9.55 Å². The van der Waals surface area contributed by atoms with E-state index in [1.807, 2.05) is 11.8 Å². The second-order valence-electron chi connectivity index (χ2n) is 6.90. The number of thioether (sulfide) groups is 1. The van der Waals surface area contributed by atoms with Crippen LogP contribution in [0.4, 0.5) is 0 Å². The van der Waals surface area contributed by atoms with Crippen molar-refractivity contribution in [1.29, 1.82) is 0 Å². The molecule has 0 amide bonds. The van der Waals surface area contributed by atoms with E-state index in [-0.39, 0.29) is 0 Å². The number of aryl methyl sites for hydroxylation is 2. The highest BCUT2D eigenvalue weighted by atomic mass is 32.2. The lowest BCUT2D eigenvalue weighted by molar-refractivity contribution is 0.948. The Balaban J connectivity index is 1.80. The molecule has 2 nitrogen and oxygen atoms in total. The lowest BCUT2D eigenvalue weighted by Crippen LogP contribution is -1.95. The van der Waals surface area contributed by atoms with Crippen molar-refractivity contribution in [3.8, 4) is 5.69 Å². The Bertz CT molecular complexity index is 1160. The second-order valence-corrected chi connectivity index (χ2v) is 7.98. The number of hydrogen-bond acceptors (Lipinski definition) is 1. The molecule has 0 saturated carbocycles. The summed E-state index contributed by atoms with van der Waals surface area (Å²) in [7, 11) is 0. The normalized spacial score (nSPS) is 15.8. The third kappa shape index (κ3) is 1.82. The minimum atomic E-state index is 1.11. The van der Waals surface area contributed by atoms with Crippen LogP contribution < -0.4 is 0 Å². The lowest BCUT2D eigenvalue weighted by Gasteiger charge is -2.10. The molecule has 6 rings (SSSR count). The molecule has 0 unspecified atom stereocenters. The summed E-state index contributed by atoms with van der Waals surface area (Å²) in [6, 6.07) is 15.5. The van der Waals surface area contributed by atoms with Crippen LogP contribution in [0.5, 0.6) is 0 Å². The maximum Gasteiger partial charge on any atom is 0.0839 e. The van der Waals surface area contributed by atoms with Gasteiger partial charge < -0.3 is 9.55 Å². The van der Waals surface area contributed by atoms with Gasteiger partial charge in [-0.3, -0.25) is 0 Å². The molecule has 1 aliphatic carbocycles. The summed E-state index contributed by atoms with van der Waals surface area (Å²) in [5.74, 6) is 1.19. The van der Waals surface area contributed by atoms with Crippen LogP contribution in [0.25, 0.3) is 33.6 Å². The van der Waals surface area contributed by atoms with E-state index in [9.17, 15) is 0 Å². The molecule has 3 heterocycles. The van der Waals surface area contributed by atoms with Crippen LogP contribution in [-0.4, -0.2) is 15.3 Å². The average Bonchev–Trinajstić information content (AvgIpc) is 3.34. The number of rotatable bonds is 1. The first kappa shape index (κ1) is 13.9. The van der Waals surface area contributed by atoms with E-state index in [0.717, 1.165) is 12.8 Å². The zero-order valence-corrected chi connectivity index (χ0v) is 14.7. The van der Waals surface area contributed by atoms with Gasteiger partial charge in [0.05, 0.1) is 16.1 Å². The van der Waals surface area contributed by atoms with Crippen molar-refractivity contribution >= 4 is 39.6 Å². The number of hydrogen-bond donors (Lipinski definition) is 1. The van der Waals surface area contributed by atoms with Gasteiger partial charge >= 0.3 is 0 Å². The SMILES string of the molecule is C1=Cc2c([nH]c3c2ccc2c4c(n(-c5ccccc5)c23)SCC4)CC1. The van der Waals surface area contributed by atoms with Crippen LogP contribution in [0.3, 0.4) is 0 Å². The van der Waals surface area contributed by atoms with Crippen LogP contribution >= 0.6 is 11.8 Å². The van der Waals surface area contributed by atoms with Crippen LogP contribution in [0.2, 0.25) is 0 Å². The second kappa shape index (κ2) is 5.06. The highest BCUT2D eigenvalue weighted by Crippen LogP contribution is 2.44. The Morgan fingerprint density at radius 3 is 2.76 bits per heavy atom. The van der Waals surface area contributed by atoms with Gasteiger partial charge in [0, 0.05) is 33.5 Å². The molecular formula is C22H18N2S. The number of para-hydroxylation sites is 1. The summed E-state index contributed by atoms with van der Waals surface area (Å²) in [6.45, 7) is 0. The van der Waals surface area contributed by atoms with E-state index in [2.05, 4.69) is 64.2 Å². The fourth-order valence-corrected chi connectivity index (χ4v) is 5.64. The maximum absolute atomic E-state index is 3.78. The summed E-state index contributed by atoms with van der Waals surface area (Å²) in [5.41, 5.74) is 8.21. The summed E-state index contributed by atoms with van der Waals surface area (Å²) >= 11 is 1.99. The quantitative estimate of drug-likeness (QED) is 0.469. The summed E-state index contributed by atoms with van der Waals surface area (Å²) < 4.78 is 2.48. The van der Waals surface area contributed by atoms with Gasteiger partial charge in [-0.15, -0.1) is 11.8 Å². The van der Waals surface area contributed by atoms with Crippen molar-refractivity contribution in [2.45, 2.75) is 24.3 Å². The fraction of sp³-hybridized carbons (Fsp3) is 0.182. The Morgan fingerprint density at radius 1 is 0.960 bits per heavy atom. The average molecular weight is 342 g/mol. The van der Waals surface area contributed by atoms with Crippen molar-refractivity contribution < 1.29 is 0 Å². The number of benzene rings is 2. The molecule has 4 aromatic rings. The van der Waals surface area contributed by atoms with E-state index >= 15 is 0 Å². The van der Waals surface area contributed by atoms with Crippen LogP contribution in [0, 0.1) is 0 Å². The third-order valence-corrected chi connectivity index (χ3v) is 6.64. The molecule has 1 aliphatic heterocycles. The first-order valence-electron chi connectivity index (χ1n) is 8.97. The minimum absolute atomic E-state index is 1.11. The highest BCUT2D eigenvalue weighted by molar-refractivity contribution is 7.99. The Morgan fingerprint density at radius 2 is 1.84 bits per heavy atom. The number of H-pyrrole nitrogens is 1. The fourth-order valence-electron chi connectivity index (χ4n) is 4.43. The lowest BCUT2D eigenvalue weighted by atomic mass is 10.0. The number of aromatic amines is 1. The third-order valence-electron chi connectivity index (χ3n) is 5.53. The van der Waals surface area contributed by atoms with Crippen LogP contribution in [0.1, 0.15) is 23.2 Å². The molecule has 2 aliphatic rings. The number of fused-ring (bicyclic) bond motifs is 7. The smallest absolute Gasteiger partial charge is 0.0839 e. The first-order valence-corrected chi connectivity index (χ1v) is 9.96. The molecule has 2 aromatic heterocycles. The van der Waals surface area contributed by atoms with Crippen LogP contribution in [-0.2, 0) is 12.8 Å². The molecule has 0 bridgehead atoms. The molecular weight excluding hydrogens is 324 g/mol. The molecule has 0 spiro atoms. The predicted octanol–water partition coefficient (Wildman–Crippen LogP) is 5.72. The van der Waals surface area contributed by atoms with Crippen molar-refractivity contribution in [2.24, 2.45) is 0 Å². The Labute approximate surface area is 150 Å². The Hall–Kier alpha value is -2.39. The van der Waals surface area contributed by atoms with Gasteiger partial charge in [-0.25, -0.2) is 0 Å². The molecule has 1 N–H and O–H groups in total. The summed E-state index contributed by atoms with van der Waals surface area (Å²) in [4.78, 5) is 3.78. The van der Waals surface area contributed by atoms with Gasteiger partial charge in [0.25, 0.3) is 0 Å². The zero-order valence-electron chi connectivity index (χ0n) is 13.9. The summed E-state index contributed by atoms with van der Waals surface area (Å²) in [5, 5.41) is 4.20. The zero-order chi connectivity index (χ0) is 16.4. The van der Waals surface area contributed by atoms with E-state index in [0.29, 0.717) is 0 Å². The first-order chi connectivity index (χ1) is 12.4. The van der Waals surface area contributed by atoms with E-state index < -0.39 is 0 Å². The number of allylic oxidation sites excluding steroid dienone is 1. The van der Waals surface area contributed by atoms with Gasteiger partial charge in [0.1, 0.15) is 0 Å². The van der Waals surface area contributed by atoms with E-state index in [1.54, 1.807) is 0 Å². The van der Waals surface area contributed by atoms with Crippen molar-refractivity contribution in [3.05, 3.63) is 65.4 Å². The highest BCUT2D eigenvalue weighted by Gasteiger charge is 2.26. The van der Waals surface area contributed by atoms with Crippen LogP contribution in [0.15, 0.2) is 53.6 Å². The van der Waals surface area contributed by atoms with Gasteiger partial charge in [-0.2, -0.15) is 0 Å². The monoisotopic (exact) mass is 342 g/mol. The standard InChI is InChI=1S/C22H18N2S/c1-2-6-14(7-3-1)24-21-17(18-12-13-25-22(18)24)11-10-16-15-8-4-5-9-19(15)23-20(16)21/h1-4,6-8,10-11,23H,5,9,12-13H2. The maximum atomic E-state index is 3.78. The molecule has 122 valence electrons. The molecule has 0 fully saturated rings. The van der Waals surface area contributed by atoms with Gasteiger partial charge in [0.15, 0.2) is 0 Å². The number of nitrogens with one attached hydrogen (secondary N) is 1. The number of nitrogens with zero attached hydrogens (tertiary/aromatic N) is 1. The van der Waals surface area contributed by atoms with Gasteiger partial charge in [-0.05, 0) is 37.0 Å². The minimum Gasteiger partial charge on any atom is -0.356 e. The van der Waals surface area contributed by atoms with Gasteiger partial charge in [0.2, 0.25) is 0 Å². The van der Waals surface area contributed by atoms with Gasteiger partial charge in [-0.1, -0.05) is 42.5 Å². The van der Waals surface area contributed by atoms with E-state index in [1.165, 1.54) is 61.5 Å². The molecule has 0 saturated heterocycles.